The maximum atomic E-state index is 5.86. The second-order valence-corrected chi connectivity index (χ2v) is 3.10. The molecule has 1 aliphatic heterocycles. The minimum absolute atomic E-state index is 0.279. The lowest BCUT2D eigenvalue weighted by atomic mass is 10.3. The molecule has 1 saturated heterocycles. The predicted octanol–water partition coefficient (Wildman–Crippen LogP) is 2.12. The van der Waals surface area contributed by atoms with Gasteiger partial charge in [0.2, 0.25) is 0 Å². The molecule has 1 atom stereocenters. The van der Waals surface area contributed by atoms with E-state index in [1.807, 2.05) is 24.3 Å². The number of benzene rings is 1. The minimum atomic E-state index is 0.279. The van der Waals surface area contributed by atoms with E-state index in [9.17, 15) is 0 Å². The summed E-state index contributed by atoms with van der Waals surface area (Å²) >= 11 is 5.86. The van der Waals surface area contributed by atoms with E-state index in [1.165, 1.54) is 0 Å². The van der Waals surface area contributed by atoms with Crippen molar-refractivity contribution in [1.29, 1.82) is 0 Å². The van der Waals surface area contributed by atoms with Gasteiger partial charge in [0, 0.05) is 0 Å². The lowest BCUT2D eigenvalue weighted by Crippen LogP contribution is -2.03. The largest absolute Gasteiger partial charge is 0.489 e. The molecule has 1 aromatic carbocycles. The molecule has 1 unspecified atom stereocenters. The van der Waals surface area contributed by atoms with Crippen molar-refractivity contribution >= 4 is 11.6 Å². The Morgan fingerprint density at radius 3 is 2.92 bits per heavy atom. The molecule has 0 N–H and O–H groups in total. The van der Waals surface area contributed by atoms with Crippen LogP contribution in [0.25, 0.3) is 0 Å². The van der Waals surface area contributed by atoms with Crippen LogP contribution in [0.4, 0.5) is 0 Å². The number of epoxide rings is 1. The summed E-state index contributed by atoms with van der Waals surface area (Å²) in [7, 11) is 0. The van der Waals surface area contributed by atoms with Crippen molar-refractivity contribution in [3.8, 4) is 5.75 Å². The van der Waals surface area contributed by atoms with E-state index in [4.69, 9.17) is 21.1 Å². The molecule has 2 nitrogen and oxygen atoms in total. The van der Waals surface area contributed by atoms with Gasteiger partial charge in [0.15, 0.2) is 0 Å². The average Bonchev–Trinajstić information content (AvgIpc) is 2.86. The second kappa shape index (κ2) is 3.33. The quantitative estimate of drug-likeness (QED) is 0.672. The highest BCUT2D eigenvalue weighted by Crippen LogP contribution is 2.24. The molecule has 0 bridgehead atoms. The molecule has 1 aliphatic rings. The van der Waals surface area contributed by atoms with Gasteiger partial charge >= 0.3 is 0 Å². The Morgan fingerprint density at radius 2 is 2.25 bits per heavy atom. The molecule has 0 saturated carbocycles. The van der Waals surface area contributed by atoms with Crippen LogP contribution in [-0.2, 0) is 4.74 Å². The van der Waals surface area contributed by atoms with Gasteiger partial charge in [-0.05, 0) is 12.1 Å². The Bertz CT molecular complexity index is 271. The fourth-order valence-corrected chi connectivity index (χ4v) is 1.10. The molecule has 0 spiro atoms. The van der Waals surface area contributed by atoms with Crippen molar-refractivity contribution in [1.82, 2.24) is 0 Å². The SMILES string of the molecule is Clc1ccccc1OCC1CO1. The Labute approximate surface area is 76.1 Å². The molecule has 0 aromatic heterocycles. The molecule has 0 aliphatic carbocycles. The summed E-state index contributed by atoms with van der Waals surface area (Å²) in [6, 6.07) is 7.44. The van der Waals surface area contributed by atoms with Crippen molar-refractivity contribution in [2.45, 2.75) is 6.10 Å². The summed E-state index contributed by atoms with van der Waals surface area (Å²) in [5.41, 5.74) is 0. The fourth-order valence-electron chi connectivity index (χ4n) is 0.909. The molecule has 0 radical (unpaired) electrons. The van der Waals surface area contributed by atoms with Gasteiger partial charge < -0.3 is 9.47 Å². The van der Waals surface area contributed by atoms with E-state index in [0.717, 1.165) is 12.4 Å². The van der Waals surface area contributed by atoms with Crippen LogP contribution >= 0.6 is 11.6 Å². The van der Waals surface area contributed by atoms with Crippen LogP contribution < -0.4 is 4.74 Å². The van der Waals surface area contributed by atoms with E-state index in [-0.39, 0.29) is 6.10 Å². The standard InChI is InChI=1S/C9H9ClO2/c10-8-3-1-2-4-9(8)12-6-7-5-11-7/h1-4,7H,5-6H2. The molecule has 0 amide bonds. The highest BCUT2D eigenvalue weighted by molar-refractivity contribution is 6.32. The van der Waals surface area contributed by atoms with Crippen LogP contribution in [-0.4, -0.2) is 19.3 Å². The zero-order chi connectivity index (χ0) is 8.39. The first-order chi connectivity index (χ1) is 5.86. The lowest BCUT2D eigenvalue weighted by Gasteiger charge is -2.04. The van der Waals surface area contributed by atoms with Gasteiger partial charge in [0.05, 0.1) is 11.6 Å². The first-order valence-electron chi connectivity index (χ1n) is 3.85. The number of hydrogen-bond donors (Lipinski definition) is 0. The first kappa shape index (κ1) is 7.90. The molecule has 1 fully saturated rings. The van der Waals surface area contributed by atoms with Gasteiger partial charge in [-0.3, -0.25) is 0 Å². The summed E-state index contributed by atoms with van der Waals surface area (Å²) in [6.45, 7) is 1.41. The van der Waals surface area contributed by atoms with Gasteiger partial charge in [-0.1, -0.05) is 23.7 Å². The zero-order valence-electron chi connectivity index (χ0n) is 6.50. The first-order valence-corrected chi connectivity index (χ1v) is 4.23. The molecule has 3 heteroatoms. The van der Waals surface area contributed by atoms with Crippen molar-refractivity contribution in [3.63, 3.8) is 0 Å². The van der Waals surface area contributed by atoms with E-state index in [2.05, 4.69) is 0 Å². The third-order valence-electron chi connectivity index (χ3n) is 1.66. The number of rotatable bonds is 3. The maximum Gasteiger partial charge on any atom is 0.138 e. The third-order valence-corrected chi connectivity index (χ3v) is 1.98. The van der Waals surface area contributed by atoms with E-state index < -0.39 is 0 Å². The Morgan fingerprint density at radius 1 is 1.50 bits per heavy atom. The molecule has 1 heterocycles. The summed E-state index contributed by atoms with van der Waals surface area (Å²) in [5.74, 6) is 0.731. The van der Waals surface area contributed by atoms with Crippen molar-refractivity contribution < 1.29 is 9.47 Å². The molecule has 12 heavy (non-hydrogen) atoms. The van der Waals surface area contributed by atoms with Crippen molar-refractivity contribution in [2.75, 3.05) is 13.2 Å². The number of para-hydroxylation sites is 1. The average molecular weight is 185 g/mol. The molecule has 1 aromatic rings. The van der Waals surface area contributed by atoms with Gasteiger partial charge in [0.25, 0.3) is 0 Å². The van der Waals surface area contributed by atoms with E-state index in [1.54, 1.807) is 0 Å². The lowest BCUT2D eigenvalue weighted by molar-refractivity contribution is 0.263. The monoisotopic (exact) mass is 184 g/mol. The van der Waals surface area contributed by atoms with Gasteiger partial charge in [0.1, 0.15) is 18.5 Å². The summed E-state index contributed by atoms with van der Waals surface area (Å²) in [5, 5.41) is 0.651. The topological polar surface area (TPSA) is 21.8 Å². The maximum absolute atomic E-state index is 5.86. The van der Waals surface area contributed by atoms with Crippen molar-refractivity contribution in [2.24, 2.45) is 0 Å². The zero-order valence-corrected chi connectivity index (χ0v) is 7.25. The minimum Gasteiger partial charge on any atom is -0.489 e. The predicted molar refractivity (Wildman–Crippen MR) is 46.7 cm³/mol. The number of hydrogen-bond acceptors (Lipinski definition) is 2. The van der Waals surface area contributed by atoms with Gasteiger partial charge in [-0.25, -0.2) is 0 Å². The normalized spacial score (nSPS) is 20.6. The fraction of sp³-hybridized carbons (Fsp3) is 0.333. The Hall–Kier alpha value is -0.730. The van der Waals surface area contributed by atoms with Crippen LogP contribution in [0.3, 0.4) is 0 Å². The number of ether oxygens (including phenoxy) is 2. The van der Waals surface area contributed by atoms with E-state index in [0.29, 0.717) is 11.6 Å². The molecule has 64 valence electrons. The summed E-state index contributed by atoms with van der Waals surface area (Å²) < 4.78 is 10.4. The smallest absolute Gasteiger partial charge is 0.138 e. The van der Waals surface area contributed by atoms with Gasteiger partial charge in [-0.2, -0.15) is 0 Å². The number of halogens is 1. The summed E-state index contributed by atoms with van der Waals surface area (Å²) in [6.07, 6.45) is 0.279. The van der Waals surface area contributed by atoms with Crippen LogP contribution in [0.2, 0.25) is 5.02 Å². The molecule has 2 rings (SSSR count). The molecular weight excluding hydrogens is 176 g/mol. The van der Waals surface area contributed by atoms with Crippen LogP contribution in [0.5, 0.6) is 5.75 Å². The highest BCUT2D eigenvalue weighted by atomic mass is 35.5. The van der Waals surface area contributed by atoms with Crippen molar-refractivity contribution in [3.05, 3.63) is 29.3 Å². The Kier molecular flexibility index (Phi) is 2.19. The van der Waals surface area contributed by atoms with Crippen LogP contribution in [0.15, 0.2) is 24.3 Å². The summed E-state index contributed by atoms with van der Waals surface area (Å²) in [4.78, 5) is 0. The Balaban J connectivity index is 1.96. The third kappa shape index (κ3) is 1.90. The van der Waals surface area contributed by atoms with Crippen LogP contribution in [0, 0.1) is 0 Å². The van der Waals surface area contributed by atoms with Crippen LogP contribution in [0.1, 0.15) is 0 Å². The van der Waals surface area contributed by atoms with Gasteiger partial charge in [-0.15, -0.1) is 0 Å². The second-order valence-electron chi connectivity index (χ2n) is 2.70. The highest BCUT2D eigenvalue weighted by Gasteiger charge is 2.23. The van der Waals surface area contributed by atoms with E-state index >= 15 is 0 Å². The molecular formula is C9H9ClO2.